The second-order valence-electron chi connectivity index (χ2n) is 10.4. The van der Waals surface area contributed by atoms with E-state index in [-0.39, 0.29) is 11.9 Å². The maximum absolute atomic E-state index is 13.7. The highest BCUT2D eigenvalue weighted by Crippen LogP contribution is 2.28. The molecule has 38 heavy (non-hydrogen) atoms. The molecule has 0 amide bonds. The predicted octanol–water partition coefficient (Wildman–Crippen LogP) is 5.58. The Balaban J connectivity index is 0.958. The lowest BCUT2D eigenvalue weighted by atomic mass is 10.1. The standard InChI is InChI=1S/C31H30FN5O/c32-26-7-6-24-17-33-31(16-25(24)14-26)37-13-8-23-15-30(34-18-29(23)37)36-20-28(21-36)38-27-9-11-35(12-10-27)19-22-4-2-1-3-5-22/h1-8,13-18,27-28H,9-12,19-21H2. The van der Waals surface area contributed by atoms with E-state index in [0.717, 1.165) is 78.9 Å². The molecule has 5 aromatic rings. The number of hydrogen-bond donors (Lipinski definition) is 0. The number of aromatic nitrogens is 3. The number of hydrogen-bond acceptors (Lipinski definition) is 5. The Morgan fingerprint density at radius 3 is 2.42 bits per heavy atom. The average molecular weight is 508 g/mol. The van der Waals surface area contributed by atoms with Crippen molar-refractivity contribution in [2.75, 3.05) is 31.1 Å². The molecule has 0 atom stereocenters. The zero-order valence-corrected chi connectivity index (χ0v) is 21.2. The topological polar surface area (TPSA) is 46.4 Å². The zero-order chi connectivity index (χ0) is 25.5. The van der Waals surface area contributed by atoms with Crippen LogP contribution in [-0.4, -0.2) is 57.8 Å². The van der Waals surface area contributed by atoms with Crippen molar-refractivity contribution in [1.82, 2.24) is 19.4 Å². The first-order valence-corrected chi connectivity index (χ1v) is 13.4. The molecule has 7 heteroatoms. The van der Waals surface area contributed by atoms with Gasteiger partial charge in [-0.2, -0.15) is 0 Å². The van der Waals surface area contributed by atoms with Crippen LogP contribution in [0.2, 0.25) is 0 Å². The largest absolute Gasteiger partial charge is 0.371 e. The molecule has 0 N–H and O–H groups in total. The molecule has 192 valence electrons. The Kier molecular flexibility index (Phi) is 6.02. The van der Waals surface area contributed by atoms with Crippen LogP contribution in [0.25, 0.3) is 27.5 Å². The van der Waals surface area contributed by atoms with Gasteiger partial charge in [-0.25, -0.2) is 14.4 Å². The third-order valence-corrected chi connectivity index (χ3v) is 7.82. The minimum Gasteiger partial charge on any atom is -0.371 e. The van der Waals surface area contributed by atoms with Crippen LogP contribution in [-0.2, 0) is 11.3 Å². The maximum Gasteiger partial charge on any atom is 0.137 e. The van der Waals surface area contributed by atoms with Gasteiger partial charge in [0.15, 0.2) is 0 Å². The summed E-state index contributed by atoms with van der Waals surface area (Å²) in [6, 6.07) is 21.6. The van der Waals surface area contributed by atoms with Gasteiger partial charge in [0.2, 0.25) is 0 Å². The van der Waals surface area contributed by atoms with Crippen molar-refractivity contribution in [3.63, 3.8) is 0 Å². The smallest absolute Gasteiger partial charge is 0.137 e. The lowest BCUT2D eigenvalue weighted by Crippen LogP contribution is -2.54. The van der Waals surface area contributed by atoms with Crippen molar-refractivity contribution >= 4 is 27.5 Å². The van der Waals surface area contributed by atoms with E-state index in [1.165, 1.54) is 11.6 Å². The fraction of sp³-hybridized carbons (Fsp3) is 0.290. The molecule has 7 rings (SSSR count). The molecule has 2 aliphatic rings. The monoisotopic (exact) mass is 507 g/mol. The number of anilines is 1. The summed E-state index contributed by atoms with van der Waals surface area (Å²) in [6.45, 7) is 4.96. The molecule has 0 unspecified atom stereocenters. The third-order valence-electron chi connectivity index (χ3n) is 7.82. The van der Waals surface area contributed by atoms with Gasteiger partial charge in [-0.15, -0.1) is 0 Å². The number of ether oxygens (including phenoxy) is 1. The van der Waals surface area contributed by atoms with Gasteiger partial charge < -0.3 is 9.64 Å². The molecule has 2 saturated heterocycles. The number of benzene rings is 2. The summed E-state index contributed by atoms with van der Waals surface area (Å²) in [5.74, 6) is 1.48. The number of pyridine rings is 2. The van der Waals surface area contributed by atoms with E-state index in [1.807, 2.05) is 23.0 Å². The van der Waals surface area contributed by atoms with Crippen molar-refractivity contribution in [3.05, 3.63) is 96.7 Å². The molecule has 5 heterocycles. The van der Waals surface area contributed by atoms with Gasteiger partial charge in [-0.1, -0.05) is 30.3 Å². The second kappa shape index (κ2) is 9.82. The van der Waals surface area contributed by atoms with E-state index >= 15 is 0 Å². The van der Waals surface area contributed by atoms with E-state index in [9.17, 15) is 4.39 Å². The van der Waals surface area contributed by atoms with Crippen LogP contribution in [0.5, 0.6) is 0 Å². The van der Waals surface area contributed by atoms with E-state index < -0.39 is 0 Å². The van der Waals surface area contributed by atoms with Crippen LogP contribution >= 0.6 is 0 Å². The zero-order valence-electron chi connectivity index (χ0n) is 21.2. The Labute approximate surface area is 221 Å². The highest BCUT2D eigenvalue weighted by atomic mass is 19.1. The maximum atomic E-state index is 13.7. The number of halogens is 1. The van der Waals surface area contributed by atoms with Gasteiger partial charge >= 0.3 is 0 Å². The second-order valence-corrected chi connectivity index (χ2v) is 10.4. The molecule has 2 aliphatic heterocycles. The molecule has 3 aromatic heterocycles. The highest BCUT2D eigenvalue weighted by Gasteiger charge is 2.32. The lowest BCUT2D eigenvalue weighted by Gasteiger charge is -2.43. The number of piperidine rings is 1. The molecule has 0 spiro atoms. The van der Waals surface area contributed by atoms with Gasteiger partial charge in [0.25, 0.3) is 0 Å². The number of likely N-dealkylation sites (tertiary alicyclic amines) is 1. The normalized spacial score (nSPS) is 17.3. The molecule has 6 nitrogen and oxygen atoms in total. The number of rotatable bonds is 6. The number of nitrogens with zero attached hydrogens (tertiary/aromatic N) is 5. The Hall–Kier alpha value is -3.81. The van der Waals surface area contributed by atoms with Crippen LogP contribution in [0, 0.1) is 5.82 Å². The average Bonchev–Trinajstić information content (AvgIpc) is 3.35. The van der Waals surface area contributed by atoms with Crippen molar-refractivity contribution in [1.29, 1.82) is 0 Å². The first-order valence-electron chi connectivity index (χ1n) is 13.4. The SMILES string of the molecule is Fc1ccc2cnc(-n3ccc4cc(N5CC(OC6CCN(Cc7ccccc7)CC6)C5)ncc43)cc2c1. The molecular weight excluding hydrogens is 477 g/mol. The summed E-state index contributed by atoms with van der Waals surface area (Å²) in [7, 11) is 0. The van der Waals surface area contributed by atoms with Crippen LogP contribution in [0.1, 0.15) is 18.4 Å². The Bertz CT molecular complexity index is 1570. The van der Waals surface area contributed by atoms with E-state index in [2.05, 4.69) is 57.2 Å². The molecular formula is C31H30FN5O. The first-order chi connectivity index (χ1) is 18.7. The third kappa shape index (κ3) is 4.64. The van der Waals surface area contributed by atoms with Gasteiger partial charge in [-0.05, 0) is 60.2 Å². The summed E-state index contributed by atoms with van der Waals surface area (Å²) in [4.78, 5) is 14.1. The Morgan fingerprint density at radius 1 is 0.789 bits per heavy atom. The van der Waals surface area contributed by atoms with Crippen LogP contribution < -0.4 is 4.90 Å². The van der Waals surface area contributed by atoms with Crippen molar-refractivity contribution in [2.45, 2.75) is 31.6 Å². The predicted molar refractivity (Wildman–Crippen MR) is 148 cm³/mol. The Morgan fingerprint density at radius 2 is 1.58 bits per heavy atom. The van der Waals surface area contributed by atoms with E-state index in [0.29, 0.717) is 6.10 Å². The summed E-state index contributed by atoms with van der Waals surface area (Å²) in [5, 5.41) is 2.85. The number of fused-ring (bicyclic) bond motifs is 2. The summed E-state index contributed by atoms with van der Waals surface area (Å²) in [5.41, 5.74) is 2.36. The molecule has 0 saturated carbocycles. The van der Waals surface area contributed by atoms with Gasteiger partial charge in [0.1, 0.15) is 17.5 Å². The van der Waals surface area contributed by atoms with Gasteiger partial charge in [0, 0.05) is 55.9 Å². The first kappa shape index (κ1) is 23.3. The van der Waals surface area contributed by atoms with Crippen LogP contribution in [0.3, 0.4) is 0 Å². The summed E-state index contributed by atoms with van der Waals surface area (Å²) >= 11 is 0. The fourth-order valence-electron chi connectivity index (χ4n) is 5.66. The quantitative estimate of drug-likeness (QED) is 0.300. The lowest BCUT2D eigenvalue weighted by molar-refractivity contribution is -0.0537. The minimum absolute atomic E-state index is 0.247. The van der Waals surface area contributed by atoms with Crippen LogP contribution in [0.15, 0.2) is 85.3 Å². The molecule has 0 bridgehead atoms. The highest BCUT2D eigenvalue weighted by molar-refractivity contribution is 5.86. The summed E-state index contributed by atoms with van der Waals surface area (Å²) in [6.07, 6.45) is 8.48. The molecule has 2 aromatic carbocycles. The minimum atomic E-state index is -0.247. The van der Waals surface area contributed by atoms with Gasteiger partial charge in [-0.3, -0.25) is 9.47 Å². The van der Waals surface area contributed by atoms with Crippen molar-refractivity contribution in [3.8, 4) is 5.82 Å². The molecule has 0 aliphatic carbocycles. The molecule has 0 radical (unpaired) electrons. The van der Waals surface area contributed by atoms with E-state index in [4.69, 9.17) is 9.72 Å². The van der Waals surface area contributed by atoms with Crippen molar-refractivity contribution < 1.29 is 9.13 Å². The van der Waals surface area contributed by atoms with Gasteiger partial charge in [0.05, 0.1) is 23.9 Å². The molecule has 2 fully saturated rings. The fourth-order valence-corrected chi connectivity index (χ4v) is 5.66. The van der Waals surface area contributed by atoms with E-state index in [1.54, 1.807) is 18.3 Å². The van der Waals surface area contributed by atoms with Crippen molar-refractivity contribution in [2.24, 2.45) is 0 Å². The van der Waals surface area contributed by atoms with Crippen LogP contribution in [0.4, 0.5) is 10.2 Å². The summed E-state index contributed by atoms with van der Waals surface area (Å²) < 4.78 is 22.2.